The first-order chi connectivity index (χ1) is 13.8. The van der Waals surface area contributed by atoms with Crippen LogP contribution in [-0.2, 0) is 16.6 Å². The van der Waals surface area contributed by atoms with Crippen molar-refractivity contribution >= 4 is 16.0 Å². The number of aliphatic imine (C=N–C) groups is 1. The largest absolute Gasteiger partial charge is 0.357 e. The van der Waals surface area contributed by atoms with Gasteiger partial charge in [-0.15, -0.1) is 0 Å². The van der Waals surface area contributed by atoms with Crippen molar-refractivity contribution in [3.05, 3.63) is 47.3 Å². The summed E-state index contributed by atoms with van der Waals surface area (Å²) in [5.41, 5.74) is 3.20. The fraction of sp³-hybridized carbons (Fsp3) is 0.500. The monoisotopic (exact) mass is 420 g/mol. The molecule has 160 valence electrons. The van der Waals surface area contributed by atoms with Crippen LogP contribution in [-0.4, -0.2) is 50.3 Å². The van der Waals surface area contributed by atoms with Crippen molar-refractivity contribution in [2.75, 3.05) is 26.2 Å². The summed E-state index contributed by atoms with van der Waals surface area (Å²) >= 11 is 0. The Balaban J connectivity index is 1.77. The Bertz CT molecular complexity index is 904. The second kappa shape index (κ2) is 11.0. The Morgan fingerprint density at radius 1 is 1.10 bits per heavy atom. The molecule has 8 nitrogen and oxygen atoms in total. The molecule has 1 aromatic carbocycles. The van der Waals surface area contributed by atoms with Crippen LogP contribution in [0, 0.1) is 20.8 Å². The Hall–Kier alpha value is -2.39. The predicted octanol–water partition coefficient (Wildman–Crippen LogP) is 1.73. The lowest BCUT2D eigenvalue weighted by Crippen LogP contribution is -2.41. The van der Waals surface area contributed by atoms with Crippen molar-refractivity contribution < 1.29 is 8.42 Å². The van der Waals surface area contributed by atoms with Gasteiger partial charge in [-0.3, -0.25) is 9.67 Å². The maximum Gasteiger partial charge on any atom is 0.240 e. The van der Waals surface area contributed by atoms with Crippen LogP contribution in [0.3, 0.4) is 0 Å². The van der Waals surface area contributed by atoms with Gasteiger partial charge in [-0.05, 0) is 52.3 Å². The molecule has 0 aliphatic heterocycles. The number of rotatable bonds is 10. The van der Waals surface area contributed by atoms with Crippen molar-refractivity contribution in [3.8, 4) is 0 Å². The minimum absolute atomic E-state index is 0.270. The van der Waals surface area contributed by atoms with Crippen molar-refractivity contribution in [2.24, 2.45) is 4.99 Å². The molecular weight excluding hydrogens is 388 g/mol. The summed E-state index contributed by atoms with van der Waals surface area (Å²) in [6.07, 6.45) is 0.874. The number of hydrogen-bond acceptors (Lipinski definition) is 4. The highest BCUT2D eigenvalue weighted by molar-refractivity contribution is 7.89. The zero-order valence-electron chi connectivity index (χ0n) is 17.7. The topological polar surface area (TPSA) is 100 Å². The van der Waals surface area contributed by atoms with E-state index in [1.807, 2.05) is 32.4 Å². The average Bonchev–Trinajstić information content (AvgIpc) is 2.99. The molecule has 9 heteroatoms. The molecule has 0 bridgehead atoms. The first-order valence-corrected chi connectivity index (χ1v) is 11.4. The molecule has 0 unspecified atom stereocenters. The molecule has 0 spiro atoms. The van der Waals surface area contributed by atoms with Gasteiger partial charge in [-0.2, -0.15) is 5.10 Å². The number of nitrogens with zero attached hydrogens (tertiary/aromatic N) is 3. The van der Waals surface area contributed by atoms with E-state index in [0.717, 1.165) is 36.5 Å². The van der Waals surface area contributed by atoms with Gasteiger partial charge >= 0.3 is 0 Å². The Morgan fingerprint density at radius 3 is 2.45 bits per heavy atom. The molecule has 0 atom stereocenters. The summed E-state index contributed by atoms with van der Waals surface area (Å²) in [7, 11) is -3.50. The summed E-state index contributed by atoms with van der Waals surface area (Å²) in [6, 6.07) is 8.86. The average molecular weight is 421 g/mol. The van der Waals surface area contributed by atoms with Gasteiger partial charge in [0, 0.05) is 38.4 Å². The standard InChI is InChI=1S/C20H32N6O2S/c1-5-21-20(22-11-6-14-26-18(4)15-17(3)25-26)23-12-13-24-29(27,28)19-9-7-16(2)8-10-19/h7-10,15,24H,5-6,11-14H2,1-4H3,(H2,21,22,23). The molecular formula is C20H32N6O2S. The summed E-state index contributed by atoms with van der Waals surface area (Å²) in [4.78, 5) is 4.81. The van der Waals surface area contributed by atoms with Crippen LogP contribution in [0.25, 0.3) is 0 Å². The van der Waals surface area contributed by atoms with Gasteiger partial charge in [0.05, 0.1) is 10.6 Å². The molecule has 29 heavy (non-hydrogen) atoms. The quantitative estimate of drug-likeness (QED) is 0.309. The van der Waals surface area contributed by atoms with Gasteiger partial charge in [-0.25, -0.2) is 13.1 Å². The lowest BCUT2D eigenvalue weighted by molar-refractivity contribution is 0.566. The number of nitrogens with one attached hydrogen (secondary N) is 3. The molecule has 0 fully saturated rings. The van der Waals surface area contributed by atoms with Crippen LogP contribution < -0.4 is 15.4 Å². The minimum Gasteiger partial charge on any atom is -0.357 e. The maximum absolute atomic E-state index is 12.3. The number of aryl methyl sites for hydroxylation is 4. The summed E-state index contributed by atoms with van der Waals surface area (Å²) in [5.74, 6) is 0.676. The molecule has 0 radical (unpaired) electrons. The van der Waals surface area contributed by atoms with Crippen molar-refractivity contribution in [2.45, 2.75) is 45.6 Å². The van der Waals surface area contributed by atoms with E-state index >= 15 is 0 Å². The number of benzene rings is 1. The van der Waals surface area contributed by atoms with Crippen molar-refractivity contribution in [1.82, 2.24) is 25.1 Å². The third kappa shape index (κ3) is 7.51. The molecule has 0 saturated carbocycles. The minimum atomic E-state index is -3.50. The van der Waals surface area contributed by atoms with E-state index in [-0.39, 0.29) is 11.4 Å². The molecule has 1 aromatic heterocycles. The van der Waals surface area contributed by atoms with Gasteiger partial charge in [-0.1, -0.05) is 17.7 Å². The zero-order valence-corrected chi connectivity index (χ0v) is 18.5. The van der Waals surface area contributed by atoms with E-state index in [1.54, 1.807) is 24.3 Å². The highest BCUT2D eigenvalue weighted by Gasteiger charge is 2.12. The number of guanidine groups is 1. The number of aromatic nitrogens is 2. The Labute approximate surface area is 173 Å². The molecule has 0 saturated heterocycles. The summed E-state index contributed by atoms with van der Waals surface area (Å²) in [5, 5.41) is 10.8. The zero-order chi connectivity index (χ0) is 21.3. The van der Waals surface area contributed by atoms with E-state index in [4.69, 9.17) is 0 Å². The van der Waals surface area contributed by atoms with E-state index < -0.39 is 10.0 Å². The first kappa shape index (κ1) is 22.9. The van der Waals surface area contributed by atoms with Gasteiger partial charge in [0.15, 0.2) is 5.96 Å². The molecule has 3 N–H and O–H groups in total. The molecule has 0 aliphatic rings. The fourth-order valence-corrected chi connectivity index (χ4v) is 3.85. The van der Waals surface area contributed by atoms with E-state index in [2.05, 4.69) is 31.5 Å². The molecule has 1 heterocycles. The number of sulfonamides is 1. The Kier molecular flexibility index (Phi) is 8.66. The van der Waals surface area contributed by atoms with Gasteiger partial charge < -0.3 is 10.6 Å². The molecule has 0 aliphatic carbocycles. The Morgan fingerprint density at radius 2 is 1.83 bits per heavy atom. The van der Waals surface area contributed by atoms with E-state index in [9.17, 15) is 8.42 Å². The predicted molar refractivity (Wildman–Crippen MR) is 117 cm³/mol. The van der Waals surface area contributed by atoms with Crippen LogP contribution in [0.5, 0.6) is 0 Å². The lowest BCUT2D eigenvalue weighted by atomic mass is 10.2. The summed E-state index contributed by atoms with van der Waals surface area (Å²) in [6.45, 7) is 10.9. The van der Waals surface area contributed by atoms with E-state index in [0.29, 0.717) is 19.0 Å². The SMILES string of the molecule is CCNC(=NCCCn1nc(C)cc1C)NCCNS(=O)(=O)c1ccc(C)cc1. The smallest absolute Gasteiger partial charge is 0.240 e. The third-order valence-corrected chi connectivity index (χ3v) is 5.76. The second-order valence-electron chi connectivity index (χ2n) is 6.90. The highest BCUT2D eigenvalue weighted by atomic mass is 32.2. The second-order valence-corrected chi connectivity index (χ2v) is 8.67. The van der Waals surface area contributed by atoms with Crippen LogP contribution >= 0.6 is 0 Å². The van der Waals surface area contributed by atoms with Crippen LogP contribution in [0.4, 0.5) is 0 Å². The maximum atomic E-state index is 12.3. The van der Waals surface area contributed by atoms with Crippen molar-refractivity contribution in [3.63, 3.8) is 0 Å². The van der Waals surface area contributed by atoms with Crippen LogP contribution in [0.15, 0.2) is 40.2 Å². The van der Waals surface area contributed by atoms with Gasteiger partial charge in [0.25, 0.3) is 0 Å². The molecule has 2 rings (SSSR count). The fourth-order valence-electron chi connectivity index (χ4n) is 2.82. The highest BCUT2D eigenvalue weighted by Crippen LogP contribution is 2.09. The molecule has 0 amide bonds. The first-order valence-electron chi connectivity index (χ1n) is 9.91. The van der Waals surface area contributed by atoms with Crippen LogP contribution in [0.2, 0.25) is 0 Å². The number of hydrogen-bond donors (Lipinski definition) is 3. The van der Waals surface area contributed by atoms with Crippen molar-refractivity contribution in [1.29, 1.82) is 0 Å². The van der Waals surface area contributed by atoms with Crippen LogP contribution in [0.1, 0.15) is 30.3 Å². The normalized spacial score (nSPS) is 12.2. The van der Waals surface area contributed by atoms with Gasteiger partial charge in [0.2, 0.25) is 10.0 Å². The van der Waals surface area contributed by atoms with Gasteiger partial charge in [0.1, 0.15) is 0 Å². The summed E-state index contributed by atoms with van der Waals surface area (Å²) < 4.78 is 29.2. The van der Waals surface area contributed by atoms with E-state index in [1.165, 1.54) is 0 Å². The lowest BCUT2D eigenvalue weighted by Gasteiger charge is -2.12. The molecule has 2 aromatic rings. The third-order valence-electron chi connectivity index (χ3n) is 4.29.